The zero-order chi connectivity index (χ0) is 21.0. The molecule has 0 aliphatic heterocycles. The Bertz CT molecular complexity index is 487. The predicted molar refractivity (Wildman–Crippen MR) is 87.5 cm³/mol. The molecule has 0 spiro atoms. The molecule has 0 aromatic carbocycles. The SMILES string of the molecule is O=C(O)CN(CCN(CC(=O)O)CC(=O)O)CCN(CC(=O)O)CC(=O)O.[Fe+3]. The molecule has 0 aromatic rings. The van der Waals surface area contributed by atoms with Gasteiger partial charge in [0.2, 0.25) is 0 Å². The van der Waals surface area contributed by atoms with Gasteiger partial charge in [0.05, 0.1) is 32.7 Å². The van der Waals surface area contributed by atoms with Gasteiger partial charge in [0.15, 0.2) is 0 Å². The summed E-state index contributed by atoms with van der Waals surface area (Å²) < 4.78 is 0. The number of aliphatic carboxylic acids is 5. The summed E-state index contributed by atoms with van der Waals surface area (Å²) in [5, 5.41) is 44.1. The van der Waals surface area contributed by atoms with Gasteiger partial charge in [0, 0.05) is 26.2 Å². The van der Waals surface area contributed by atoms with Crippen molar-refractivity contribution in [2.24, 2.45) is 0 Å². The number of nitrogens with zero attached hydrogens (tertiary/aromatic N) is 3. The second kappa shape index (κ2) is 14.8. The minimum absolute atomic E-state index is 0. The summed E-state index contributed by atoms with van der Waals surface area (Å²) in [6.45, 7) is -2.74. The van der Waals surface area contributed by atoms with Crippen LogP contribution in [0.3, 0.4) is 0 Å². The second-order valence-corrected chi connectivity index (χ2v) is 5.67. The third-order valence-corrected chi connectivity index (χ3v) is 3.26. The van der Waals surface area contributed by atoms with Crippen molar-refractivity contribution in [3.8, 4) is 0 Å². The smallest absolute Gasteiger partial charge is 0.480 e. The summed E-state index contributed by atoms with van der Waals surface area (Å²) in [5.41, 5.74) is 0. The third-order valence-electron chi connectivity index (χ3n) is 3.26. The molecule has 28 heavy (non-hydrogen) atoms. The van der Waals surface area contributed by atoms with Crippen molar-refractivity contribution in [1.29, 1.82) is 0 Å². The Labute approximate surface area is 170 Å². The number of carbonyl (C=O) groups is 5. The first kappa shape index (κ1) is 28.0. The molecular weight excluding hydrogens is 426 g/mol. The third kappa shape index (κ3) is 16.0. The molecule has 0 saturated carbocycles. The Morgan fingerprint density at radius 1 is 0.429 bits per heavy atom. The van der Waals surface area contributed by atoms with E-state index in [-0.39, 0.29) is 43.2 Å². The van der Waals surface area contributed by atoms with Crippen LogP contribution in [0.5, 0.6) is 0 Å². The topological polar surface area (TPSA) is 196 Å². The molecule has 14 heteroatoms. The Morgan fingerprint density at radius 3 is 0.821 bits per heavy atom. The summed E-state index contributed by atoms with van der Waals surface area (Å²) in [6.07, 6.45) is 0. The minimum atomic E-state index is -1.24. The summed E-state index contributed by atoms with van der Waals surface area (Å²) in [6, 6.07) is 0. The van der Waals surface area contributed by atoms with E-state index in [9.17, 15) is 24.0 Å². The van der Waals surface area contributed by atoms with E-state index >= 15 is 0 Å². The fourth-order valence-corrected chi connectivity index (χ4v) is 2.22. The molecular formula is C14H23FeN3O10+3. The number of hydrogen-bond donors (Lipinski definition) is 5. The minimum Gasteiger partial charge on any atom is -0.480 e. The fourth-order valence-electron chi connectivity index (χ4n) is 2.22. The second-order valence-electron chi connectivity index (χ2n) is 5.67. The van der Waals surface area contributed by atoms with E-state index in [0.29, 0.717) is 0 Å². The van der Waals surface area contributed by atoms with E-state index in [2.05, 4.69) is 0 Å². The van der Waals surface area contributed by atoms with Crippen LogP contribution in [0, 0.1) is 0 Å². The van der Waals surface area contributed by atoms with Crippen LogP contribution in [0.15, 0.2) is 0 Å². The van der Waals surface area contributed by atoms with Crippen molar-refractivity contribution in [1.82, 2.24) is 14.7 Å². The van der Waals surface area contributed by atoms with Gasteiger partial charge in [0.25, 0.3) is 0 Å². The van der Waals surface area contributed by atoms with Crippen molar-refractivity contribution in [3.05, 3.63) is 0 Å². The Balaban J connectivity index is 0. The number of carboxylic acid groups (broad SMARTS) is 5. The quantitative estimate of drug-likeness (QED) is 0.153. The Morgan fingerprint density at radius 2 is 0.607 bits per heavy atom. The number of rotatable bonds is 16. The van der Waals surface area contributed by atoms with Crippen molar-refractivity contribution in [2.45, 2.75) is 0 Å². The van der Waals surface area contributed by atoms with E-state index in [4.69, 9.17) is 25.5 Å². The van der Waals surface area contributed by atoms with Gasteiger partial charge in [-0.05, 0) is 0 Å². The Kier molecular flexibility index (Phi) is 14.7. The molecule has 0 atom stereocenters. The summed E-state index contributed by atoms with van der Waals surface area (Å²) in [7, 11) is 0. The molecule has 5 N–H and O–H groups in total. The largest absolute Gasteiger partial charge is 3.00 e. The maximum absolute atomic E-state index is 11.0. The predicted octanol–water partition coefficient (Wildman–Crippen LogP) is -2.69. The molecule has 0 aromatic heterocycles. The van der Waals surface area contributed by atoms with Crippen molar-refractivity contribution >= 4 is 29.8 Å². The number of hydrogen-bond acceptors (Lipinski definition) is 8. The first-order valence-electron chi connectivity index (χ1n) is 7.75. The molecule has 0 rings (SSSR count). The van der Waals surface area contributed by atoms with Crippen LogP contribution >= 0.6 is 0 Å². The summed E-state index contributed by atoms with van der Waals surface area (Å²) in [4.78, 5) is 57.6. The standard InChI is InChI=1S/C14H23N3O10.Fe/c18-10(19)5-15(1-3-16(6-11(20)21)7-12(22)23)2-4-17(8-13(24)25)9-14(26)27;/h1-9H2,(H,18,19)(H,20,21)(H,22,23)(H,24,25)(H,26,27);/q;+3. The van der Waals surface area contributed by atoms with E-state index in [1.165, 1.54) is 4.90 Å². The maximum Gasteiger partial charge on any atom is 3.00 e. The van der Waals surface area contributed by atoms with Crippen LogP contribution < -0.4 is 0 Å². The van der Waals surface area contributed by atoms with Crippen LogP contribution in [0.25, 0.3) is 0 Å². The molecule has 13 nitrogen and oxygen atoms in total. The van der Waals surface area contributed by atoms with E-state index in [1.54, 1.807) is 0 Å². The zero-order valence-corrected chi connectivity index (χ0v) is 15.9. The average Bonchev–Trinajstić information content (AvgIpc) is 2.46. The van der Waals surface area contributed by atoms with Crippen molar-refractivity contribution in [2.75, 3.05) is 58.9 Å². The maximum atomic E-state index is 11.0. The first-order valence-corrected chi connectivity index (χ1v) is 7.75. The molecule has 1 radical (unpaired) electrons. The molecule has 159 valence electrons. The Hall–Kier alpha value is -2.25. The van der Waals surface area contributed by atoms with Gasteiger partial charge >= 0.3 is 46.9 Å². The van der Waals surface area contributed by atoms with E-state index in [0.717, 1.165) is 9.80 Å². The van der Waals surface area contributed by atoms with Crippen LogP contribution in [-0.2, 0) is 41.0 Å². The first-order chi connectivity index (χ1) is 12.5. The molecule has 0 aliphatic carbocycles. The van der Waals surface area contributed by atoms with Crippen LogP contribution in [-0.4, -0.2) is 129 Å². The fraction of sp³-hybridized carbons (Fsp3) is 0.643. The molecule has 0 unspecified atom stereocenters. The van der Waals surface area contributed by atoms with Gasteiger partial charge < -0.3 is 25.5 Å². The van der Waals surface area contributed by atoms with Gasteiger partial charge in [0.1, 0.15) is 0 Å². The van der Waals surface area contributed by atoms with Crippen molar-refractivity contribution in [3.63, 3.8) is 0 Å². The average molecular weight is 449 g/mol. The summed E-state index contributed by atoms with van der Waals surface area (Å²) >= 11 is 0. The van der Waals surface area contributed by atoms with Crippen LogP contribution in [0.1, 0.15) is 0 Å². The summed E-state index contributed by atoms with van der Waals surface area (Å²) in [5.74, 6) is -6.16. The number of carboxylic acids is 5. The van der Waals surface area contributed by atoms with Crippen molar-refractivity contribution < 1.29 is 66.6 Å². The normalized spacial score (nSPS) is 10.7. The molecule has 0 heterocycles. The van der Waals surface area contributed by atoms with Gasteiger partial charge in [-0.2, -0.15) is 0 Å². The van der Waals surface area contributed by atoms with Gasteiger partial charge in [-0.25, -0.2) is 0 Å². The van der Waals surface area contributed by atoms with Crippen LogP contribution in [0.2, 0.25) is 0 Å². The van der Waals surface area contributed by atoms with Gasteiger partial charge in [-0.1, -0.05) is 0 Å². The van der Waals surface area contributed by atoms with Gasteiger partial charge in [-0.15, -0.1) is 0 Å². The molecule has 0 aliphatic rings. The molecule has 0 saturated heterocycles. The molecule has 0 bridgehead atoms. The van der Waals surface area contributed by atoms with Gasteiger partial charge in [-0.3, -0.25) is 38.7 Å². The van der Waals surface area contributed by atoms with E-state index in [1.807, 2.05) is 0 Å². The molecule has 0 fully saturated rings. The monoisotopic (exact) mass is 449 g/mol. The van der Waals surface area contributed by atoms with Crippen LogP contribution in [0.4, 0.5) is 0 Å². The van der Waals surface area contributed by atoms with E-state index < -0.39 is 62.6 Å². The zero-order valence-electron chi connectivity index (χ0n) is 14.8. The molecule has 0 amide bonds.